The molecule has 2 atom stereocenters. The smallest absolute Gasteiger partial charge is 0.255 e. The molecule has 0 bridgehead atoms. The highest BCUT2D eigenvalue weighted by Gasteiger charge is 2.26. The van der Waals surface area contributed by atoms with Gasteiger partial charge in [-0.25, -0.2) is 9.97 Å². The molecule has 2 aliphatic rings. The zero-order valence-corrected chi connectivity index (χ0v) is 18.3. The van der Waals surface area contributed by atoms with Gasteiger partial charge in [-0.05, 0) is 38.1 Å². The van der Waals surface area contributed by atoms with Crippen molar-refractivity contribution in [2.75, 3.05) is 57.4 Å². The quantitative estimate of drug-likeness (QED) is 0.726. The first-order valence-electron chi connectivity index (χ1n) is 11.1. The third-order valence-corrected chi connectivity index (χ3v) is 6.06. The second kappa shape index (κ2) is 9.31. The molecule has 4 heterocycles. The molecular weight excluding hydrogens is 382 g/mol. The molecule has 0 aliphatic carbocycles. The van der Waals surface area contributed by atoms with E-state index in [2.05, 4.69) is 38.9 Å². The lowest BCUT2D eigenvalue weighted by molar-refractivity contribution is 0.0947. The van der Waals surface area contributed by atoms with Crippen molar-refractivity contribution in [3.63, 3.8) is 0 Å². The third kappa shape index (κ3) is 4.59. The van der Waals surface area contributed by atoms with Gasteiger partial charge >= 0.3 is 0 Å². The highest BCUT2D eigenvalue weighted by Crippen LogP contribution is 2.31. The van der Waals surface area contributed by atoms with Crippen molar-refractivity contribution >= 4 is 22.8 Å². The van der Waals surface area contributed by atoms with E-state index >= 15 is 0 Å². The standard InChI is InChI=1S/C22H33N5O3/c1-15-11-16(2)13-26(12-15)6-4-5-23-21(28)18-17(3)30-22-19(18)20(24-14-25-22)27-7-9-29-10-8-27/h14-16H,4-13H2,1-3H3,(H,23,28). The minimum Gasteiger partial charge on any atom is -0.442 e. The van der Waals surface area contributed by atoms with Gasteiger partial charge in [-0.2, -0.15) is 0 Å². The number of hydrogen-bond acceptors (Lipinski definition) is 7. The molecule has 1 amide bonds. The van der Waals surface area contributed by atoms with Crippen molar-refractivity contribution in [1.29, 1.82) is 0 Å². The highest BCUT2D eigenvalue weighted by molar-refractivity contribution is 6.10. The van der Waals surface area contributed by atoms with E-state index in [-0.39, 0.29) is 5.91 Å². The predicted molar refractivity (Wildman–Crippen MR) is 116 cm³/mol. The number of nitrogens with one attached hydrogen (secondary N) is 1. The summed E-state index contributed by atoms with van der Waals surface area (Å²) in [7, 11) is 0. The molecule has 8 nitrogen and oxygen atoms in total. The Kier molecular flexibility index (Phi) is 6.53. The van der Waals surface area contributed by atoms with E-state index in [0.717, 1.165) is 56.8 Å². The number of anilines is 1. The fourth-order valence-corrected chi connectivity index (χ4v) is 4.88. The molecule has 164 valence electrons. The Morgan fingerprint density at radius 1 is 1.20 bits per heavy atom. The van der Waals surface area contributed by atoms with Crippen LogP contribution in [0.3, 0.4) is 0 Å². The first kappa shape index (κ1) is 21.1. The number of likely N-dealkylation sites (tertiary alicyclic amines) is 1. The first-order chi connectivity index (χ1) is 14.5. The second-order valence-corrected chi connectivity index (χ2v) is 8.83. The predicted octanol–water partition coefficient (Wildman–Crippen LogP) is 2.47. The van der Waals surface area contributed by atoms with Gasteiger partial charge in [0, 0.05) is 32.7 Å². The van der Waals surface area contributed by atoms with Crippen LogP contribution in [0.15, 0.2) is 10.7 Å². The first-order valence-corrected chi connectivity index (χ1v) is 11.1. The zero-order chi connectivity index (χ0) is 21.1. The molecule has 0 spiro atoms. The van der Waals surface area contributed by atoms with Gasteiger partial charge in [0.15, 0.2) is 0 Å². The molecule has 8 heteroatoms. The number of carbonyl (C=O) groups is 1. The largest absolute Gasteiger partial charge is 0.442 e. The SMILES string of the molecule is Cc1oc2ncnc(N3CCOCC3)c2c1C(=O)NCCCN1CC(C)CC(C)C1. The molecule has 0 saturated carbocycles. The summed E-state index contributed by atoms with van der Waals surface area (Å²) in [6.07, 6.45) is 3.75. The van der Waals surface area contributed by atoms with Crippen LogP contribution in [-0.4, -0.2) is 73.3 Å². The maximum atomic E-state index is 13.0. The van der Waals surface area contributed by atoms with Gasteiger partial charge in [0.05, 0.1) is 24.2 Å². The summed E-state index contributed by atoms with van der Waals surface area (Å²) in [6, 6.07) is 0. The molecule has 2 saturated heterocycles. The van der Waals surface area contributed by atoms with Crippen molar-refractivity contribution in [3.05, 3.63) is 17.7 Å². The number of aryl methyl sites for hydroxylation is 1. The zero-order valence-electron chi connectivity index (χ0n) is 18.3. The van der Waals surface area contributed by atoms with Crippen molar-refractivity contribution in [2.45, 2.75) is 33.6 Å². The van der Waals surface area contributed by atoms with Gasteiger partial charge in [0.25, 0.3) is 5.91 Å². The summed E-state index contributed by atoms with van der Waals surface area (Å²) < 4.78 is 11.3. The summed E-state index contributed by atoms with van der Waals surface area (Å²) in [6.45, 7) is 13.2. The van der Waals surface area contributed by atoms with Crippen LogP contribution in [0.2, 0.25) is 0 Å². The fourth-order valence-electron chi connectivity index (χ4n) is 4.88. The number of morpholine rings is 1. The van der Waals surface area contributed by atoms with Crippen molar-refractivity contribution in [3.8, 4) is 0 Å². The molecule has 2 fully saturated rings. The Bertz CT molecular complexity index is 867. The van der Waals surface area contributed by atoms with Crippen LogP contribution in [0.25, 0.3) is 11.1 Å². The number of fused-ring (bicyclic) bond motifs is 1. The molecule has 0 radical (unpaired) electrons. The molecular formula is C22H33N5O3. The second-order valence-electron chi connectivity index (χ2n) is 8.83. The van der Waals surface area contributed by atoms with Gasteiger partial charge in [-0.15, -0.1) is 0 Å². The summed E-state index contributed by atoms with van der Waals surface area (Å²) in [5.41, 5.74) is 1.01. The summed E-state index contributed by atoms with van der Waals surface area (Å²) >= 11 is 0. The Morgan fingerprint density at radius 3 is 2.67 bits per heavy atom. The van der Waals surface area contributed by atoms with E-state index in [4.69, 9.17) is 9.15 Å². The average molecular weight is 416 g/mol. The number of hydrogen-bond donors (Lipinski definition) is 1. The van der Waals surface area contributed by atoms with Crippen molar-refractivity contribution in [2.24, 2.45) is 11.8 Å². The number of furan rings is 1. The molecule has 4 rings (SSSR count). The number of piperidine rings is 1. The van der Waals surface area contributed by atoms with E-state index in [0.29, 0.717) is 42.2 Å². The Balaban J connectivity index is 1.42. The van der Waals surface area contributed by atoms with Gasteiger partial charge in [0.2, 0.25) is 5.71 Å². The summed E-state index contributed by atoms with van der Waals surface area (Å²) in [5.74, 6) is 2.72. The Hall–Kier alpha value is -2.19. The minimum atomic E-state index is -0.115. The highest BCUT2D eigenvalue weighted by atomic mass is 16.5. The minimum absolute atomic E-state index is 0.115. The van der Waals surface area contributed by atoms with Crippen LogP contribution < -0.4 is 10.2 Å². The lowest BCUT2D eigenvalue weighted by Gasteiger charge is -2.34. The van der Waals surface area contributed by atoms with Crippen LogP contribution in [0.1, 0.15) is 42.8 Å². The maximum absolute atomic E-state index is 13.0. The fraction of sp³-hybridized carbons (Fsp3) is 0.682. The number of amides is 1. The van der Waals surface area contributed by atoms with Crippen molar-refractivity contribution in [1.82, 2.24) is 20.2 Å². The molecule has 2 unspecified atom stereocenters. The molecule has 2 aromatic heterocycles. The number of aromatic nitrogens is 2. The van der Waals surface area contributed by atoms with Crippen LogP contribution in [-0.2, 0) is 4.74 Å². The van der Waals surface area contributed by atoms with Crippen molar-refractivity contribution < 1.29 is 13.9 Å². The Labute approximate surface area is 178 Å². The van der Waals surface area contributed by atoms with Gasteiger partial charge in [-0.1, -0.05) is 13.8 Å². The van der Waals surface area contributed by atoms with Crippen LogP contribution in [0.5, 0.6) is 0 Å². The summed E-state index contributed by atoms with van der Waals surface area (Å²) in [4.78, 5) is 26.4. The van der Waals surface area contributed by atoms with E-state index < -0.39 is 0 Å². The van der Waals surface area contributed by atoms with Crippen LogP contribution in [0.4, 0.5) is 5.82 Å². The molecule has 1 N–H and O–H groups in total. The molecule has 2 aromatic rings. The monoisotopic (exact) mass is 415 g/mol. The third-order valence-electron chi connectivity index (χ3n) is 6.06. The van der Waals surface area contributed by atoms with Crippen LogP contribution >= 0.6 is 0 Å². The number of carbonyl (C=O) groups excluding carboxylic acids is 1. The molecule has 2 aliphatic heterocycles. The molecule has 30 heavy (non-hydrogen) atoms. The number of nitrogens with zero attached hydrogens (tertiary/aromatic N) is 4. The maximum Gasteiger partial charge on any atom is 0.255 e. The topological polar surface area (TPSA) is 83.7 Å². The van der Waals surface area contributed by atoms with E-state index in [1.165, 1.54) is 12.7 Å². The lowest BCUT2D eigenvalue weighted by Crippen LogP contribution is -2.40. The van der Waals surface area contributed by atoms with E-state index in [1.807, 2.05) is 6.92 Å². The Morgan fingerprint density at radius 2 is 1.93 bits per heavy atom. The number of rotatable bonds is 6. The average Bonchev–Trinajstić information content (AvgIpc) is 3.07. The van der Waals surface area contributed by atoms with Gasteiger partial charge < -0.3 is 24.3 Å². The van der Waals surface area contributed by atoms with Crippen LogP contribution in [0, 0.1) is 18.8 Å². The lowest BCUT2D eigenvalue weighted by atomic mass is 9.92. The molecule has 0 aromatic carbocycles. The van der Waals surface area contributed by atoms with Gasteiger partial charge in [0.1, 0.15) is 17.9 Å². The van der Waals surface area contributed by atoms with Gasteiger partial charge in [-0.3, -0.25) is 4.79 Å². The number of ether oxygens (including phenoxy) is 1. The van der Waals surface area contributed by atoms with E-state index in [1.54, 1.807) is 0 Å². The summed E-state index contributed by atoms with van der Waals surface area (Å²) in [5, 5.41) is 3.79. The van der Waals surface area contributed by atoms with E-state index in [9.17, 15) is 4.79 Å². The normalized spacial score (nSPS) is 23.1.